The number of benzene rings is 2. The second-order valence-corrected chi connectivity index (χ2v) is 4.99. The average molecular weight is 222 g/mol. The van der Waals surface area contributed by atoms with Crippen LogP contribution in [0, 0.1) is 0 Å². The standard InChI is InChI=1S/C17H18/c1-3-13-7-6-10-16-15-9-5-4-8-14(15)12(2)11-17(13)16/h4-10,12H,3,11H2,1-2H3. The third kappa shape index (κ3) is 1.59. The number of fused-ring (bicyclic) bond motifs is 3. The fourth-order valence-electron chi connectivity index (χ4n) is 3.05. The van der Waals surface area contributed by atoms with E-state index >= 15 is 0 Å². The fraction of sp³-hybridized carbons (Fsp3) is 0.294. The van der Waals surface area contributed by atoms with Crippen LogP contribution in [0.25, 0.3) is 11.1 Å². The Kier molecular flexibility index (Phi) is 2.51. The van der Waals surface area contributed by atoms with Crippen molar-refractivity contribution in [2.45, 2.75) is 32.6 Å². The van der Waals surface area contributed by atoms with Crippen LogP contribution in [-0.2, 0) is 12.8 Å². The van der Waals surface area contributed by atoms with Crippen LogP contribution in [0.1, 0.15) is 36.5 Å². The first kappa shape index (κ1) is 10.6. The van der Waals surface area contributed by atoms with Gasteiger partial charge in [0.2, 0.25) is 0 Å². The van der Waals surface area contributed by atoms with Crippen LogP contribution in [0.15, 0.2) is 42.5 Å². The van der Waals surface area contributed by atoms with Crippen molar-refractivity contribution in [3.8, 4) is 11.1 Å². The van der Waals surface area contributed by atoms with Crippen molar-refractivity contribution in [3.05, 3.63) is 59.2 Å². The predicted molar refractivity (Wildman–Crippen MR) is 73.4 cm³/mol. The molecule has 86 valence electrons. The highest BCUT2D eigenvalue weighted by molar-refractivity contribution is 5.75. The number of hydrogen-bond acceptors (Lipinski definition) is 0. The Bertz CT molecular complexity index is 552. The number of aryl methyl sites for hydroxylation is 1. The van der Waals surface area contributed by atoms with Gasteiger partial charge in [0, 0.05) is 0 Å². The van der Waals surface area contributed by atoms with Crippen molar-refractivity contribution in [2.75, 3.05) is 0 Å². The first-order chi connectivity index (χ1) is 8.31. The van der Waals surface area contributed by atoms with E-state index in [1.54, 1.807) is 5.56 Å². The summed E-state index contributed by atoms with van der Waals surface area (Å²) < 4.78 is 0. The molecule has 0 heteroatoms. The fourth-order valence-corrected chi connectivity index (χ4v) is 3.05. The monoisotopic (exact) mass is 222 g/mol. The van der Waals surface area contributed by atoms with Crippen LogP contribution in [0.5, 0.6) is 0 Å². The zero-order chi connectivity index (χ0) is 11.8. The maximum absolute atomic E-state index is 2.34. The van der Waals surface area contributed by atoms with Gasteiger partial charge in [0.25, 0.3) is 0 Å². The molecule has 0 saturated heterocycles. The second kappa shape index (κ2) is 4.03. The van der Waals surface area contributed by atoms with E-state index in [0.29, 0.717) is 5.92 Å². The molecular weight excluding hydrogens is 204 g/mol. The quantitative estimate of drug-likeness (QED) is 0.662. The van der Waals surface area contributed by atoms with E-state index < -0.39 is 0 Å². The van der Waals surface area contributed by atoms with E-state index in [4.69, 9.17) is 0 Å². The Balaban J connectivity index is 2.28. The molecule has 2 aromatic carbocycles. The van der Waals surface area contributed by atoms with Gasteiger partial charge in [-0.1, -0.05) is 56.3 Å². The lowest BCUT2D eigenvalue weighted by Crippen LogP contribution is -2.10. The van der Waals surface area contributed by atoms with Crippen LogP contribution in [0.3, 0.4) is 0 Å². The second-order valence-electron chi connectivity index (χ2n) is 4.99. The van der Waals surface area contributed by atoms with Gasteiger partial charge < -0.3 is 0 Å². The normalized spacial score (nSPS) is 17.4. The van der Waals surface area contributed by atoms with Crippen LogP contribution in [0.4, 0.5) is 0 Å². The van der Waals surface area contributed by atoms with Gasteiger partial charge in [-0.3, -0.25) is 0 Å². The van der Waals surface area contributed by atoms with E-state index in [-0.39, 0.29) is 0 Å². The smallest absolute Gasteiger partial charge is 0.0143 e. The molecule has 0 amide bonds. The summed E-state index contributed by atoms with van der Waals surface area (Å²) in [5.41, 5.74) is 7.49. The summed E-state index contributed by atoms with van der Waals surface area (Å²) in [6, 6.07) is 15.6. The molecule has 0 aliphatic heterocycles. The molecule has 0 spiro atoms. The van der Waals surface area contributed by atoms with Gasteiger partial charge in [-0.15, -0.1) is 0 Å². The minimum Gasteiger partial charge on any atom is -0.0619 e. The molecule has 3 rings (SSSR count). The molecule has 0 N–H and O–H groups in total. The minimum atomic E-state index is 0.645. The third-order valence-corrected chi connectivity index (χ3v) is 3.95. The molecule has 2 aromatic rings. The Morgan fingerprint density at radius 1 is 1.00 bits per heavy atom. The van der Waals surface area contributed by atoms with Crippen molar-refractivity contribution in [1.82, 2.24) is 0 Å². The maximum Gasteiger partial charge on any atom is -0.0143 e. The summed E-state index contributed by atoms with van der Waals surface area (Å²) in [6.07, 6.45) is 2.33. The topological polar surface area (TPSA) is 0 Å². The van der Waals surface area contributed by atoms with Crippen LogP contribution < -0.4 is 0 Å². The van der Waals surface area contributed by atoms with Crippen LogP contribution in [0.2, 0.25) is 0 Å². The van der Waals surface area contributed by atoms with Crippen LogP contribution in [-0.4, -0.2) is 0 Å². The molecule has 0 heterocycles. The van der Waals surface area contributed by atoms with Crippen molar-refractivity contribution >= 4 is 0 Å². The number of rotatable bonds is 1. The SMILES string of the molecule is CCc1cccc2c1CC(C)c1ccccc1-2. The van der Waals surface area contributed by atoms with Crippen molar-refractivity contribution in [1.29, 1.82) is 0 Å². The zero-order valence-electron chi connectivity index (χ0n) is 10.5. The largest absolute Gasteiger partial charge is 0.0619 e. The molecule has 0 saturated carbocycles. The lowest BCUT2D eigenvalue weighted by molar-refractivity contribution is 0.741. The summed E-state index contributed by atoms with van der Waals surface area (Å²) in [7, 11) is 0. The Labute approximate surface area is 103 Å². The highest BCUT2D eigenvalue weighted by Gasteiger charge is 2.22. The van der Waals surface area contributed by atoms with E-state index in [1.807, 2.05) is 0 Å². The van der Waals surface area contributed by atoms with Crippen molar-refractivity contribution < 1.29 is 0 Å². The van der Waals surface area contributed by atoms with Gasteiger partial charge in [0.1, 0.15) is 0 Å². The first-order valence-corrected chi connectivity index (χ1v) is 6.51. The molecular formula is C17H18. The van der Waals surface area contributed by atoms with E-state index in [0.717, 1.165) is 6.42 Å². The van der Waals surface area contributed by atoms with Crippen molar-refractivity contribution in [2.24, 2.45) is 0 Å². The predicted octanol–water partition coefficient (Wildman–Crippen LogP) is 4.58. The van der Waals surface area contributed by atoms with Crippen LogP contribution >= 0.6 is 0 Å². The molecule has 17 heavy (non-hydrogen) atoms. The minimum absolute atomic E-state index is 0.645. The molecule has 1 aliphatic carbocycles. The van der Waals surface area contributed by atoms with E-state index in [9.17, 15) is 0 Å². The Morgan fingerprint density at radius 2 is 1.76 bits per heavy atom. The van der Waals surface area contributed by atoms with Gasteiger partial charge in [0.15, 0.2) is 0 Å². The van der Waals surface area contributed by atoms with Gasteiger partial charge in [-0.05, 0) is 46.6 Å². The molecule has 0 fully saturated rings. The van der Waals surface area contributed by atoms with Gasteiger partial charge in [0.05, 0.1) is 0 Å². The molecule has 1 unspecified atom stereocenters. The molecule has 0 bridgehead atoms. The summed E-state index contributed by atoms with van der Waals surface area (Å²) in [6.45, 7) is 4.59. The van der Waals surface area contributed by atoms with Crippen molar-refractivity contribution in [3.63, 3.8) is 0 Å². The summed E-state index contributed by atoms with van der Waals surface area (Å²) in [5.74, 6) is 0.645. The molecule has 1 atom stereocenters. The van der Waals surface area contributed by atoms with Gasteiger partial charge in [-0.2, -0.15) is 0 Å². The highest BCUT2D eigenvalue weighted by Crippen LogP contribution is 2.40. The van der Waals surface area contributed by atoms with Gasteiger partial charge >= 0.3 is 0 Å². The number of hydrogen-bond donors (Lipinski definition) is 0. The summed E-state index contributed by atoms with van der Waals surface area (Å²) in [4.78, 5) is 0. The van der Waals surface area contributed by atoms with Gasteiger partial charge in [-0.25, -0.2) is 0 Å². The Morgan fingerprint density at radius 3 is 2.59 bits per heavy atom. The van der Waals surface area contributed by atoms with E-state index in [1.165, 1.54) is 28.7 Å². The molecule has 1 aliphatic rings. The third-order valence-electron chi connectivity index (χ3n) is 3.95. The molecule has 0 nitrogen and oxygen atoms in total. The maximum atomic E-state index is 2.34. The average Bonchev–Trinajstić information content (AvgIpc) is 2.39. The van der Waals surface area contributed by atoms with E-state index in [2.05, 4.69) is 56.3 Å². The Hall–Kier alpha value is -1.56. The zero-order valence-corrected chi connectivity index (χ0v) is 10.5. The molecule has 0 radical (unpaired) electrons. The lowest BCUT2D eigenvalue weighted by atomic mass is 9.77. The highest BCUT2D eigenvalue weighted by atomic mass is 14.3. The summed E-state index contributed by atoms with van der Waals surface area (Å²) in [5, 5.41) is 0. The molecule has 0 aromatic heterocycles. The summed E-state index contributed by atoms with van der Waals surface area (Å²) >= 11 is 0. The lowest BCUT2D eigenvalue weighted by Gasteiger charge is -2.27. The first-order valence-electron chi connectivity index (χ1n) is 6.51.